The van der Waals surface area contributed by atoms with Gasteiger partial charge in [0.05, 0.1) is 11.7 Å². The second-order valence-electron chi connectivity index (χ2n) is 15.8. The van der Waals surface area contributed by atoms with Crippen LogP contribution in [0.1, 0.15) is 53.7 Å². The molecule has 4 aromatic heterocycles. The molecule has 1 aliphatic carbocycles. The van der Waals surface area contributed by atoms with Gasteiger partial charge in [-0.25, -0.2) is 9.97 Å². The Hall–Kier alpha value is -6.71. The van der Waals surface area contributed by atoms with Gasteiger partial charge in [-0.1, -0.05) is 24.6 Å². The molecule has 1 unspecified atom stereocenters. The van der Waals surface area contributed by atoms with Gasteiger partial charge in [0, 0.05) is 110 Å². The Morgan fingerprint density at radius 1 is 0.831 bits per heavy atom. The highest BCUT2D eigenvalue weighted by molar-refractivity contribution is 6.08. The first kappa shape index (κ1) is 36.6. The lowest BCUT2D eigenvalue weighted by Crippen LogP contribution is -2.53. The fourth-order valence-corrected chi connectivity index (χ4v) is 8.49. The molecule has 3 aliphatic heterocycles. The summed E-state index contributed by atoms with van der Waals surface area (Å²) in [6.45, 7) is 6.73. The smallest absolute Gasteiger partial charge is 0.255 e. The highest BCUT2D eigenvalue weighted by Gasteiger charge is 2.38. The number of pyridine rings is 3. The van der Waals surface area contributed by atoms with Crippen molar-refractivity contribution in [3.8, 4) is 40.3 Å². The molecule has 12 nitrogen and oxygen atoms in total. The van der Waals surface area contributed by atoms with Crippen molar-refractivity contribution in [2.45, 2.75) is 63.0 Å². The summed E-state index contributed by atoms with van der Waals surface area (Å²) in [5, 5.41) is 5.13. The summed E-state index contributed by atoms with van der Waals surface area (Å²) in [5.74, 6) is 8.23. The predicted octanol–water partition coefficient (Wildman–Crippen LogP) is 6.43. The summed E-state index contributed by atoms with van der Waals surface area (Å²) in [7, 11) is 2.09. The van der Waals surface area contributed by atoms with E-state index in [0.717, 1.165) is 83.5 Å². The van der Waals surface area contributed by atoms with Crippen molar-refractivity contribution in [1.82, 2.24) is 34.6 Å². The molecule has 0 spiro atoms. The maximum atomic E-state index is 13.0. The summed E-state index contributed by atoms with van der Waals surface area (Å²) >= 11 is 0. The fraction of sp³-hybridized carbons (Fsp3) is 0.298. The van der Waals surface area contributed by atoms with E-state index >= 15 is 0 Å². The number of aryl methyl sites for hydroxylation is 1. The van der Waals surface area contributed by atoms with Crippen LogP contribution in [-0.2, 0) is 18.4 Å². The first-order valence-corrected chi connectivity index (χ1v) is 20.2. The van der Waals surface area contributed by atoms with E-state index in [1.165, 1.54) is 5.39 Å². The van der Waals surface area contributed by atoms with Crippen LogP contribution in [0.4, 0.5) is 0 Å². The topological polar surface area (TPSA) is 124 Å². The number of nitrogens with zero attached hydrogens (tertiary/aromatic N) is 6. The molecule has 2 amide bonds. The SMILES string of the molecule is C=C1CCC(N2Cc3cc(OC4CN(CCC#Cc5ccc(OC6CC(Oc7ccc(-c8ccc9c%10cnccc%10n(C)c9c8)cn7)C6)cn5)C4)ccc3C2=O)C(=O)N1. The molecule has 10 rings (SSSR count). The van der Waals surface area contributed by atoms with Gasteiger partial charge in [0.2, 0.25) is 11.8 Å². The summed E-state index contributed by atoms with van der Waals surface area (Å²) < 4.78 is 20.7. The summed E-state index contributed by atoms with van der Waals surface area (Å²) in [4.78, 5) is 42.9. The highest BCUT2D eigenvalue weighted by atomic mass is 16.5. The molecule has 4 aliphatic rings. The van der Waals surface area contributed by atoms with E-state index < -0.39 is 6.04 Å². The summed E-state index contributed by atoms with van der Waals surface area (Å²) in [6.07, 6.45) is 11.1. The molecule has 0 bridgehead atoms. The van der Waals surface area contributed by atoms with E-state index in [1.807, 2.05) is 61.1 Å². The van der Waals surface area contributed by atoms with Crippen molar-refractivity contribution in [3.63, 3.8) is 0 Å². The minimum absolute atomic E-state index is 0.0581. The number of benzene rings is 2. The van der Waals surface area contributed by atoms with Crippen LogP contribution in [0.15, 0.2) is 104 Å². The number of piperidine rings is 1. The number of amides is 2. The normalized spacial score (nSPS) is 20.4. The number of fused-ring (bicyclic) bond motifs is 4. The van der Waals surface area contributed by atoms with E-state index in [2.05, 4.69) is 79.5 Å². The largest absolute Gasteiger partial charge is 0.489 e. The van der Waals surface area contributed by atoms with Gasteiger partial charge >= 0.3 is 0 Å². The van der Waals surface area contributed by atoms with Crippen LogP contribution >= 0.6 is 0 Å². The lowest BCUT2D eigenvalue weighted by atomic mass is 9.92. The number of carbonyl (C=O) groups excluding carboxylic acids is 2. The Morgan fingerprint density at radius 2 is 1.66 bits per heavy atom. The quantitative estimate of drug-likeness (QED) is 0.157. The van der Waals surface area contributed by atoms with Crippen molar-refractivity contribution >= 4 is 33.6 Å². The van der Waals surface area contributed by atoms with Gasteiger partial charge in [0.15, 0.2) is 0 Å². The van der Waals surface area contributed by atoms with Gasteiger partial charge in [-0.05, 0) is 78.4 Å². The molecule has 3 fully saturated rings. The number of likely N-dealkylation sites (tertiary alicyclic amines) is 1. The van der Waals surface area contributed by atoms with Crippen LogP contribution < -0.4 is 19.5 Å². The Kier molecular flexibility index (Phi) is 9.45. The first-order valence-electron chi connectivity index (χ1n) is 20.2. The molecule has 59 heavy (non-hydrogen) atoms. The van der Waals surface area contributed by atoms with E-state index in [4.69, 9.17) is 14.2 Å². The second-order valence-corrected chi connectivity index (χ2v) is 15.8. The zero-order valence-corrected chi connectivity index (χ0v) is 32.8. The Bertz CT molecular complexity index is 2670. The number of rotatable bonds is 10. The van der Waals surface area contributed by atoms with E-state index in [1.54, 1.807) is 11.1 Å². The number of hydrogen-bond acceptors (Lipinski definition) is 9. The monoisotopic (exact) mass is 785 g/mol. The average molecular weight is 786 g/mol. The molecule has 1 atom stereocenters. The molecule has 2 saturated heterocycles. The van der Waals surface area contributed by atoms with Crippen LogP contribution in [0.25, 0.3) is 32.9 Å². The van der Waals surface area contributed by atoms with Crippen LogP contribution in [0.2, 0.25) is 0 Å². The molecule has 1 N–H and O–H groups in total. The van der Waals surface area contributed by atoms with Crippen molar-refractivity contribution in [1.29, 1.82) is 0 Å². The van der Waals surface area contributed by atoms with Gasteiger partial charge in [0.1, 0.15) is 41.5 Å². The van der Waals surface area contributed by atoms with Gasteiger partial charge in [-0.15, -0.1) is 0 Å². The lowest BCUT2D eigenvalue weighted by Gasteiger charge is -2.38. The molecule has 0 radical (unpaired) electrons. The molecular weight excluding hydrogens is 743 g/mol. The zero-order chi connectivity index (χ0) is 40.0. The average Bonchev–Trinajstić information content (AvgIpc) is 3.70. The van der Waals surface area contributed by atoms with E-state index in [9.17, 15) is 9.59 Å². The molecular formula is C47H43N7O5. The lowest BCUT2D eigenvalue weighted by molar-refractivity contribution is -0.126. The van der Waals surface area contributed by atoms with Crippen LogP contribution in [0, 0.1) is 11.8 Å². The Morgan fingerprint density at radius 3 is 2.47 bits per heavy atom. The molecule has 2 aromatic carbocycles. The number of aromatic nitrogens is 4. The van der Waals surface area contributed by atoms with Gasteiger partial charge in [-0.2, -0.15) is 0 Å². The predicted molar refractivity (Wildman–Crippen MR) is 223 cm³/mol. The third-order valence-electron chi connectivity index (χ3n) is 11.9. The standard InChI is InChI=1S/C47H43N7O5/c1-29-6-14-43(46(55)51-29)54-26-32-19-34(11-13-39(32)47(54)56)57-38-27-53(28-38)18-4-3-5-33-9-10-35(24-49-33)58-36-21-37(22-36)59-45-15-8-31(23-50-45)30-7-12-40-41-25-48-17-16-42(41)52(2)44(40)20-30/h7-13,15-17,19-20,23-25,36-38,43H,1,4,6,14,18,21-22,26-28H2,2H3,(H,51,55). The highest BCUT2D eigenvalue weighted by Crippen LogP contribution is 2.34. The van der Waals surface area contributed by atoms with Crippen LogP contribution in [0.5, 0.6) is 17.4 Å². The van der Waals surface area contributed by atoms with Crippen molar-refractivity contribution in [3.05, 3.63) is 121 Å². The number of ether oxygens (including phenoxy) is 3. The van der Waals surface area contributed by atoms with Crippen molar-refractivity contribution in [2.24, 2.45) is 7.05 Å². The third kappa shape index (κ3) is 7.34. The van der Waals surface area contributed by atoms with Gasteiger partial charge in [-0.3, -0.25) is 19.5 Å². The van der Waals surface area contributed by atoms with Crippen molar-refractivity contribution in [2.75, 3.05) is 19.6 Å². The molecule has 6 aromatic rings. The summed E-state index contributed by atoms with van der Waals surface area (Å²) in [6, 6.07) is 21.5. The molecule has 1 saturated carbocycles. The van der Waals surface area contributed by atoms with Gasteiger partial charge in [0.25, 0.3) is 5.91 Å². The van der Waals surface area contributed by atoms with Crippen LogP contribution in [-0.4, -0.2) is 85.1 Å². The zero-order valence-electron chi connectivity index (χ0n) is 32.8. The molecule has 12 heteroatoms. The van der Waals surface area contributed by atoms with Crippen LogP contribution in [0.3, 0.4) is 0 Å². The maximum Gasteiger partial charge on any atom is 0.255 e. The second kappa shape index (κ2) is 15.2. The molecule has 7 heterocycles. The number of carbonyl (C=O) groups is 2. The Labute approximate surface area is 341 Å². The first-order chi connectivity index (χ1) is 28.8. The van der Waals surface area contributed by atoms with E-state index in [0.29, 0.717) is 42.2 Å². The number of hydrogen-bond donors (Lipinski definition) is 1. The minimum atomic E-state index is -0.469. The fourth-order valence-electron chi connectivity index (χ4n) is 8.49. The minimum Gasteiger partial charge on any atom is -0.489 e. The maximum absolute atomic E-state index is 13.0. The molecule has 296 valence electrons. The van der Waals surface area contributed by atoms with Gasteiger partial charge < -0.3 is 29.0 Å². The van der Waals surface area contributed by atoms with Crippen molar-refractivity contribution < 1.29 is 23.8 Å². The third-order valence-corrected chi connectivity index (χ3v) is 11.9. The van der Waals surface area contributed by atoms with E-state index in [-0.39, 0.29) is 30.1 Å². The Balaban J connectivity index is 0.633. The number of nitrogens with one attached hydrogen (secondary N) is 1. The number of allylic oxidation sites excluding steroid dienone is 1. The summed E-state index contributed by atoms with van der Waals surface area (Å²) in [5.41, 5.74) is 7.42.